The Hall–Kier alpha value is -0.830. The van der Waals surface area contributed by atoms with Gasteiger partial charge in [0.15, 0.2) is 9.84 Å². The molecule has 0 fully saturated rings. The fourth-order valence-corrected chi connectivity index (χ4v) is 4.65. The molecule has 3 rings (SSSR count). The summed E-state index contributed by atoms with van der Waals surface area (Å²) in [6.07, 6.45) is 1.00. The lowest BCUT2D eigenvalue weighted by molar-refractivity contribution is 0.570. The standard InChI is InChI=1S/C16H12Br2FNO2S2/c1-24(21,22)16-5-2-10(6-14(16)19)15-8-23-9-20(15)11-3-4-12(17)13(18)7-11/h2-8H,9H2,1H3. The van der Waals surface area contributed by atoms with Crippen molar-refractivity contribution in [3.63, 3.8) is 0 Å². The molecule has 0 saturated carbocycles. The number of halogens is 3. The third-order valence-electron chi connectivity index (χ3n) is 3.53. The van der Waals surface area contributed by atoms with Crippen molar-refractivity contribution in [1.82, 2.24) is 0 Å². The molecule has 24 heavy (non-hydrogen) atoms. The van der Waals surface area contributed by atoms with Crippen LogP contribution in [-0.4, -0.2) is 20.6 Å². The lowest BCUT2D eigenvalue weighted by Gasteiger charge is -2.22. The van der Waals surface area contributed by atoms with E-state index in [1.807, 2.05) is 23.6 Å². The van der Waals surface area contributed by atoms with Gasteiger partial charge in [-0.3, -0.25) is 0 Å². The fourth-order valence-electron chi connectivity index (χ4n) is 2.38. The SMILES string of the molecule is CS(=O)(=O)c1ccc(C2=CSCN2c2ccc(Br)c(Br)c2)cc1F. The van der Waals surface area contributed by atoms with E-state index in [4.69, 9.17) is 0 Å². The molecule has 0 radical (unpaired) electrons. The highest BCUT2D eigenvalue weighted by Gasteiger charge is 2.22. The van der Waals surface area contributed by atoms with Crippen LogP contribution >= 0.6 is 43.6 Å². The monoisotopic (exact) mass is 491 g/mol. The van der Waals surface area contributed by atoms with Gasteiger partial charge in [-0.15, -0.1) is 11.8 Å². The van der Waals surface area contributed by atoms with Crippen LogP contribution in [0.15, 0.2) is 55.6 Å². The molecule has 1 aliphatic heterocycles. The van der Waals surface area contributed by atoms with Gasteiger partial charge in [0.2, 0.25) is 0 Å². The highest BCUT2D eigenvalue weighted by Crippen LogP contribution is 2.38. The van der Waals surface area contributed by atoms with E-state index in [-0.39, 0.29) is 4.90 Å². The van der Waals surface area contributed by atoms with Gasteiger partial charge in [0.25, 0.3) is 0 Å². The van der Waals surface area contributed by atoms with Gasteiger partial charge in [-0.25, -0.2) is 12.8 Å². The van der Waals surface area contributed by atoms with Crippen molar-refractivity contribution in [3.05, 3.63) is 62.1 Å². The Bertz CT molecular complexity index is 945. The Kier molecular flexibility index (Phi) is 5.11. The third-order valence-corrected chi connectivity index (χ3v) is 7.34. The maximum absolute atomic E-state index is 14.2. The first-order chi connectivity index (χ1) is 11.3. The number of anilines is 1. The summed E-state index contributed by atoms with van der Waals surface area (Å²) in [5.74, 6) is -0.0245. The minimum Gasteiger partial charge on any atom is -0.330 e. The first-order valence-corrected chi connectivity index (χ1v) is 11.3. The van der Waals surface area contributed by atoms with E-state index in [1.165, 1.54) is 12.1 Å². The van der Waals surface area contributed by atoms with Crippen LogP contribution in [-0.2, 0) is 9.84 Å². The number of hydrogen-bond acceptors (Lipinski definition) is 4. The quantitative estimate of drug-likeness (QED) is 0.585. The summed E-state index contributed by atoms with van der Waals surface area (Å²) in [6.45, 7) is 0. The van der Waals surface area contributed by atoms with E-state index < -0.39 is 15.7 Å². The van der Waals surface area contributed by atoms with Gasteiger partial charge < -0.3 is 4.90 Å². The van der Waals surface area contributed by atoms with E-state index in [0.717, 1.165) is 26.6 Å². The second kappa shape index (κ2) is 6.82. The zero-order valence-electron chi connectivity index (χ0n) is 12.5. The Balaban J connectivity index is 1.99. The zero-order chi connectivity index (χ0) is 17.5. The molecule has 8 heteroatoms. The van der Waals surface area contributed by atoms with Crippen LogP contribution in [0, 0.1) is 5.82 Å². The first-order valence-electron chi connectivity index (χ1n) is 6.82. The molecule has 2 aromatic rings. The van der Waals surface area contributed by atoms with Crippen molar-refractivity contribution < 1.29 is 12.8 Å². The predicted octanol–water partition coefficient (Wildman–Crippen LogP) is 5.26. The highest BCUT2D eigenvalue weighted by molar-refractivity contribution is 9.13. The fraction of sp³-hybridized carbons (Fsp3) is 0.125. The molecule has 0 saturated heterocycles. The molecular formula is C16H12Br2FNO2S2. The van der Waals surface area contributed by atoms with E-state index in [0.29, 0.717) is 11.4 Å². The van der Waals surface area contributed by atoms with Crippen LogP contribution in [0.3, 0.4) is 0 Å². The molecule has 0 unspecified atom stereocenters. The number of thioether (sulfide) groups is 1. The van der Waals surface area contributed by atoms with Crippen molar-refractivity contribution in [2.45, 2.75) is 4.90 Å². The molecule has 126 valence electrons. The lowest BCUT2D eigenvalue weighted by Crippen LogP contribution is -2.17. The maximum atomic E-state index is 14.2. The summed E-state index contributed by atoms with van der Waals surface area (Å²) in [4.78, 5) is 1.77. The smallest absolute Gasteiger partial charge is 0.178 e. The summed E-state index contributed by atoms with van der Waals surface area (Å²) < 4.78 is 39.2. The molecule has 0 bridgehead atoms. The molecule has 0 spiro atoms. The summed E-state index contributed by atoms with van der Waals surface area (Å²) in [5, 5.41) is 1.95. The average Bonchev–Trinajstić information content (AvgIpc) is 2.98. The topological polar surface area (TPSA) is 37.4 Å². The van der Waals surface area contributed by atoms with Crippen LogP contribution in [0.25, 0.3) is 5.70 Å². The highest BCUT2D eigenvalue weighted by atomic mass is 79.9. The lowest BCUT2D eigenvalue weighted by atomic mass is 10.1. The first kappa shape index (κ1) is 18.0. The van der Waals surface area contributed by atoms with E-state index in [9.17, 15) is 12.8 Å². The minimum absolute atomic E-state index is 0.282. The Morgan fingerprint density at radius 1 is 1.12 bits per heavy atom. The van der Waals surface area contributed by atoms with E-state index >= 15 is 0 Å². The summed E-state index contributed by atoms with van der Waals surface area (Å²) in [6, 6.07) is 10.1. The van der Waals surface area contributed by atoms with Crippen LogP contribution in [0.4, 0.5) is 10.1 Å². The molecule has 2 aromatic carbocycles. The average molecular weight is 493 g/mol. The minimum atomic E-state index is -3.57. The molecule has 3 nitrogen and oxygen atoms in total. The van der Waals surface area contributed by atoms with Gasteiger partial charge >= 0.3 is 0 Å². The van der Waals surface area contributed by atoms with Crippen LogP contribution < -0.4 is 4.90 Å². The molecule has 0 amide bonds. The van der Waals surface area contributed by atoms with Gasteiger partial charge in [-0.2, -0.15) is 0 Å². The van der Waals surface area contributed by atoms with Crippen molar-refractivity contribution in [2.24, 2.45) is 0 Å². The van der Waals surface area contributed by atoms with Gasteiger partial charge in [0.05, 0.1) is 11.6 Å². The maximum Gasteiger partial charge on any atom is 0.178 e. The number of benzene rings is 2. The van der Waals surface area contributed by atoms with Crippen LogP contribution in [0.1, 0.15) is 5.56 Å². The van der Waals surface area contributed by atoms with Crippen LogP contribution in [0.5, 0.6) is 0 Å². The molecule has 1 aliphatic rings. The molecule has 0 aliphatic carbocycles. The van der Waals surface area contributed by atoms with Crippen molar-refractivity contribution in [1.29, 1.82) is 0 Å². The normalized spacial score (nSPS) is 14.8. The Labute approximate surface area is 161 Å². The van der Waals surface area contributed by atoms with Crippen molar-refractivity contribution >= 4 is 64.8 Å². The largest absolute Gasteiger partial charge is 0.330 e. The van der Waals surface area contributed by atoms with Gasteiger partial charge in [-0.05, 0) is 67.6 Å². The number of sulfone groups is 1. The van der Waals surface area contributed by atoms with Gasteiger partial charge in [0, 0.05) is 26.5 Å². The Morgan fingerprint density at radius 2 is 1.88 bits per heavy atom. The third kappa shape index (κ3) is 3.56. The van der Waals surface area contributed by atoms with E-state index in [2.05, 4.69) is 36.8 Å². The summed E-state index contributed by atoms with van der Waals surface area (Å²) >= 11 is 8.53. The van der Waals surface area contributed by atoms with Gasteiger partial charge in [-0.1, -0.05) is 6.07 Å². The van der Waals surface area contributed by atoms with Crippen molar-refractivity contribution in [2.75, 3.05) is 17.0 Å². The van der Waals surface area contributed by atoms with Gasteiger partial charge in [0.1, 0.15) is 10.7 Å². The predicted molar refractivity (Wildman–Crippen MR) is 104 cm³/mol. The van der Waals surface area contributed by atoms with Crippen LogP contribution in [0.2, 0.25) is 0 Å². The molecule has 0 aromatic heterocycles. The molecule has 1 heterocycles. The Morgan fingerprint density at radius 3 is 2.50 bits per heavy atom. The second-order valence-corrected chi connectivity index (χ2v) is 9.76. The van der Waals surface area contributed by atoms with E-state index in [1.54, 1.807) is 17.8 Å². The summed E-state index contributed by atoms with van der Waals surface area (Å²) in [5.41, 5.74) is 2.45. The number of nitrogens with zero attached hydrogens (tertiary/aromatic N) is 1. The zero-order valence-corrected chi connectivity index (χ0v) is 17.3. The second-order valence-electron chi connectivity index (χ2n) is 5.24. The molecule has 0 atom stereocenters. The summed E-state index contributed by atoms with van der Waals surface area (Å²) in [7, 11) is -3.57. The van der Waals surface area contributed by atoms with Crippen molar-refractivity contribution in [3.8, 4) is 0 Å². The molecule has 0 N–H and O–H groups in total. The number of rotatable bonds is 3. The molecular weight excluding hydrogens is 481 g/mol. The number of hydrogen-bond donors (Lipinski definition) is 0.